The first-order valence-electron chi connectivity index (χ1n) is 3.92. The molecular formula is C9H13Ti. The quantitative estimate of drug-likeness (QED) is 0.557. The van der Waals surface area contributed by atoms with Gasteiger partial charge in [-0.2, -0.15) is 0 Å². The van der Waals surface area contributed by atoms with Crippen molar-refractivity contribution in [1.82, 2.24) is 0 Å². The van der Waals surface area contributed by atoms with Crippen molar-refractivity contribution in [3.8, 4) is 0 Å². The van der Waals surface area contributed by atoms with E-state index in [-0.39, 0.29) is 0 Å². The Morgan fingerprint density at radius 1 is 1.40 bits per heavy atom. The van der Waals surface area contributed by atoms with Crippen LogP contribution in [0.3, 0.4) is 0 Å². The molecule has 0 amide bonds. The Labute approximate surface area is 74.8 Å². The third kappa shape index (κ3) is 1.43. The molecule has 10 heavy (non-hydrogen) atoms. The van der Waals surface area contributed by atoms with Gasteiger partial charge in [0.25, 0.3) is 0 Å². The van der Waals surface area contributed by atoms with E-state index < -0.39 is 0 Å². The van der Waals surface area contributed by atoms with E-state index >= 15 is 0 Å². The summed E-state index contributed by atoms with van der Waals surface area (Å²) < 4.78 is 1.51. The van der Waals surface area contributed by atoms with Crippen molar-refractivity contribution < 1.29 is 20.4 Å². The SMILES string of the molecule is CCC1=C(CC)[C]([Ti])=CC1. The van der Waals surface area contributed by atoms with Crippen LogP contribution < -0.4 is 0 Å². The minimum absolute atomic E-state index is 1.21. The van der Waals surface area contributed by atoms with E-state index in [1.807, 2.05) is 0 Å². The van der Waals surface area contributed by atoms with Gasteiger partial charge in [-0.1, -0.05) is 0 Å². The zero-order valence-corrected chi connectivity index (χ0v) is 8.26. The standard InChI is InChI=1S/C9H13.Ti/c1-3-8-6-5-7-9(8)4-2;/h5H,3-4,6H2,1-2H3;. The third-order valence-electron chi connectivity index (χ3n) is 2.08. The Kier molecular flexibility index (Phi) is 2.94. The molecule has 0 saturated carbocycles. The Balaban J connectivity index is 2.81. The second-order valence-corrected chi connectivity index (χ2v) is 3.45. The van der Waals surface area contributed by atoms with E-state index in [4.69, 9.17) is 0 Å². The molecule has 0 unspecified atom stereocenters. The molecule has 0 aromatic carbocycles. The molecule has 1 aliphatic rings. The van der Waals surface area contributed by atoms with Gasteiger partial charge in [0.1, 0.15) is 0 Å². The van der Waals surface area contributed by atoms with Gasteiger partial charge in [-0.3, -0.25) is 0 Å². The fourth-order valence-electron chi connectivity index (χ4n) is 1.46. The molecule has 0 atom stereocenters. The van der Waals surface area contributed by atoms with Crippen molar-refractivity contribution in [1.29, 1.82) is 0 Å². The average molecular weight is 169 g/mol. The van der Waals surface area contributed by atoms with E-state index in [1.165, 1.54) is 23.1 Å². The van der Waals surface area contributed by atoms with Crippen molar-refractivity contribution in [2.75, 3.05) is 0 Å². The van der Waals surface area contributed by atoms with Gasteiger partial charge < -0.3 is 0 Å². The molecule has 0 radical (unpaired) electrons. The van der Waals surface area contributed by atoms with E-state index in [9.17, 15) is 0 Å². The van der Waals surface area contributed by atoms with Crippen LogP contribution in [-0.2, 0) is 20.4 Å². The number of hydrogen-bond donors (Lipinski definition) is 0. The number of rotatable bonds is 2. The predicted molar refractivity (Wildman–Crippen MR) is 40.3 cm³/mol. The normalized spacial score (nSPS) is 17.9. The first-order valence-corrected chi connectivity index (χ1v) is 4.70. The zero-order chi connectivity index (χ0) is 7.56. The van der Waals surface area contributed by atoms with Crippen LogP contribution in [0, 0.1) is 0 Å². The minimum atomic E-state index is 1.21. The van der Waals surface area contributed by atoms with Gasteiger partial charge in [-0.15, -0.1) is 0 Å². The van der Waals surface area contributed by atoms with E-state index in [0.717, 1.165) is 0 Å². The molecule has 53 valence electrons. The van der Waals surface area contributed by atoms with Crippen LogP contribution in [0.2, 0.25) is 0 Å². The van der Waals surface area contributed by atoms with Crippen LogP contribution in [0.15, 0.2) is 21.1 Å². The monoisotopic (exact) mass is 169 g/mol. The summed E-state index contributed by atoms with van der Waals surface area (Å²) in [5, 5.41) is 0. The summed E-state index contributed by atoms with van der Waals surface area (Å²) in [4.78, 5) is 0. The molecule has 0 nitrogen and oxygen atoms in total. The maximum absolute atomic E-state index is 2.34. The summed E-state index contributed by atoms with van der Waals surface area (Å²) in [5.74, 6) is 0. The van der Waals surface area contributed by atoms with Gasteiger partial charge >= 0.3 is 74.6 Å². The van der Waals surface area contributed by atoms with Gasteiger partial charge in [0.05, 0.1) is 0 Å². The molecule has 0 saturated heterocycles. The van der Waals surface area contributed by atoms with Crippen molar-refractivity contribution in [2.45, 2.75) is 33.1 Å². The van der Waals surface area contributed by atoms with Gasteiger partial charge in [-0.25, -0.2) is 0 Å². The predicted octanol–water partition coefficient (Wildman–Crippen LogP) is 2.94. The van der Waals surface area contributed by atoms with Crippen LogP contribution in [0.1, 0.15) is 33.1 Å². The molecule has 0 aromatic heterocycles. The molecule has 0 aliphatic heterocycles. The zero-order valence-electron chi connectivity index (χ0n) is 6.70. The summed E-state index contributed by atoms with van der Waals surface area (Å²) in [6, 6.07) is 0. The summed E-state index contributed by atoms with van der Waals surface area (Å²) in [7, 11) is 0. The topological polar surface area (TPSA) is 0 Å². The summed E-state index contributed by atoms with van der Waals surface area (Å²) in [6.07, 6.45) is 6.01. The van der Waals surface area contributed by atoms with Crippen molar-refractivity contribution >= 4 is 0 Å². The van der Waals surface area contributed by atoms with Crippen molar-refractivity contribution in [3.05, 3.63) is 21.1 Å². The second-order valence-electron chi connectivity index (χ2n) is 2.61. The van der Waals surface area contributed by atoms with E-state index in [0.29, 0.717) is 0 Å². The molecule has 0 heterocycles. The molecule has 0 aromatic rings. The number of allylic oxidation sites excluding steroid dienone is 4. The Morgan fingerprint density at radius 3 is 2.50 bits per heavy atom. The van der Waals surface area contributed by atoms with Crippen LogP contribution >= 0.6 is 0 Å². The maximum atomic E-state index is 2.34. The van der Waals surface area contributed by atoms with Crippen LogP contribution in [-0.4, -0.2) is 0 Å². The fourth-order valence-corrected chi connectivity index (χ4v) is 2.17. The molecule has 0 N–H and O–H groups in total. The number of hydrogen-bond acceptors (Lipinski definition) is 0. The van der Waals surface area contributed by atoms with Crippen molar-refractivity contribution in [3.63, 3.8) is 0 Å². The molecule has 1 aliphatic carbocycles. The van der Waals surface area contributed by atoms with E-state index in [2.05, 4.69) is 40.4 Å². The molecule has 1 rings (SSSR count). The van der Waals surface area contributed by atoms with E-state index in [1.54, 1.807) is 11.1 Å². The fraction of sp³-hybridized carbons (Fsp3) is 0.556. The van der Waals surface area contributed by atoms with Crippen LogP contribution in [0.5, 0.6) is 0 Å². The van der Waals surface area contributed by atoms with Crippen LogP contribution in [0.25, 0.3) is 0 Å². The molecule has 0 fully saturated rings. The summed E-state index contributed by atoms with van der Waals surface area (Å²) in [5.41, 5.74) is 3.27. The molecule has 0 bridgehead atoms. The molecule has 0 spiro atoms. The summed E-state index contributed by atoms with van der Waals surface area (Å²) >= 11 is 2.22. The van der Waals surface area contributed by atoms with Gasteiger partial charge in [-0.05, 0) is 0 Å². The summed E-state index contributed by atoms with van der Waals surface area (Å²) in [6.45, 7) is 4.49. The first-order chi connectivity index (χ1) is 4.79. The Hall–Kier alpha value is 0.194. The Morgan fingerprint density at radius 2 is 2.10 bits per heavy atom. The van der Waals surface area contributed by atoms with Gasteiger partial charge in [0.2, 0.25) is 0 Å². The van der Waals surface area contributed by atoms with Crippen molar-refractivity contribution in [2.24, 2.45) is 0 Å². The van der Waals surface area contributed by atoms with Gasteiger partial charge in [0.15, 0.2) is 0 Å². The molecule has 1 heteroatoms. The third-order valence-corrected chi connectivity index (χ3v) is 2.87. The van der Waals surface area contributed by atoms with Gasteiger partial charge in [0, 0.05) is 0 Å². The Bertz CT molecular complexity index is 187. The molecular weight excluding hydrogens is 156 g/mol. The first kappa shape index (κ1) is 8.29. The average Bonchev–Trinajstić information content (AvgIpc) is 2.30. The van der Waals surface area contributed by atoms with Crippen LogP contribution in [0.4, 0.5) is 0 Å². The second kappa shape index (κ2) is 3.55.